The summed E-state index contributed by atoms with van der Waals surface area (Å²) in [6.07, 6.45) is 3.83. The molecule has 5 nitrogen and oxygen atoms in total. The van der Waals surface area contributed by atoms with Crippen molar-refractivity contribution in [2.45, 2.75) is 103 Å². The van der Waals surface area contributed by atoms with E-state index in [1.165, 1.54) is 0 Å². The molecule has 2 unspecified atom stereocenters. The predicted octanol–water partition coefficient (Wildman–Crippen LogP) is 7.16. The average Bonchev–Trinajstić information content (AvgIpc) is 3.04. The van der Waals surface area contributed by atoms with Crippen LogP contribution in [0.1, 0.15) is 65.2 Å². The van der Waals surface area contributed by atoms with Crippen LogP contribution >= 0.6 is 22.6 Å². The maximum Gasteiger partial charge on any atom is 0.338 e. The van der Waals surface area contributed by atoms with Crippen LogP contribution in [0.25, 0.3) is 0 Å². The van der Waals surface area contributed by atoms with E-state index in [9.17, 15) is 4.79 Å². The third-order valence-corrected chi connectivity index (χ3v) is 12.0. The number of ether oxygens (including phenoxy) is 3. The second kappa shape index (κ2) is 12.0. The van der Waals surface area contributed by atoms with Gasteiger partial charge >= 0.3 is 5.97 Å². The zero-order chi connectivity index (χ0) is 25.7. The topological polar surface area (TPSA) is 54.0 Å². The first-order valence-electron chi connectivity index (χ1n) is 12.2. The fourth-order valence-electron chi connectivity index (χ4n) is 3.64. The molecule has 1 aromatic carbocycles. The van der Waals surface area contributed by atoms with Crippen LogP contribution in [-0.2, 0) is 18.6 Å². The fraction of sp³-hybridized carbons (Fsp3) is 0.667. The van der Waals surface area contributed by atoms with Crippen molar-refractivity contribution in [1.29, 1.82) is 0 Å². The molecule has 1 aromatic rings. The van der Waals surface area contributed by atoms with Gasteiger partial charge in [-0.15, -0.1) is 0 Å². The first-order valence-corrected chi connectivity index (χ1v) is 16.6. The average molecular weight is 603 g/mol. The van der Waals surface area contributed by atoms with Gasteiger partial charge in [0.1, 0.15) is 12.2 Å². The highest BCUT2D eigenvalue weighted by Crippen LogP contribution is 2.38. The van der Waals surface area contributed by atoms with Crippen LogP contribution in [0.2, 0.25) is 18.1 Å². The standard InChI is InChI=1S/C27H43IO5Si/c1-19(20(2)33-34(8,9)26(3,4)5)15-16-22(30-25(29)21-13-11-10-12-14-21)24-23(17-18-28)31-27(6,7)32-24/h10-16,19-20,22-24H,17-18H2,1-9H3/b16-15-/t19-,20+,22?,23+,24?/m1/s1. The smallest absolute Gasteiger partial charge is 0.338 e. The third-order valence-electron chi connectivity index (χ3n) is 6.82. The molecule has 34 heavy (non-hydrogen) atoms. The number of alkyl halides is 1. The van der Waals surface area contributed by atoms with Gasteiger partial charge in [-0.25, -0.2) is 4.79 Å². The zero-order valence-corrected chi connectivity index (χ0v) is 25.4. The number of benzene rings is 1. The Hall–Kier alpha value is -0.743. The quantitative estimate of drug-likeness (QED) is 0.0936. The lowest BCUT2D eigenvalue weighted by Gasteiger charge is -2.39. The van der Waals surface area contributed by atoms with E-state index in [2.05, 4.69) is 76.4 Å². The molecule has 0 aromatic heterocycles. The van der Waals surface area contributed by atoms with E-state index >= 15 is 0 Å². The summed E-state index contributed by atoms with van der Waals surface area (Å²) in [5.74, 6) is -0.947. The van der Waals surface area contributed by atoms with Crippen molar-refractivity contribution >= 4 is 36.9 Å². The summed E-state index contributed by atoms with van der Waals surface area (Å²) in [7, 11) is -1.89. The predicted molar refractivity (Wildman–Crippen MR) is 149 cm³/mol. The van der Waals surface area contributed by atoms with Gasteiger partial charge in [0.15, 0.2) is 14.1 Å². The van der Waals surface area contributed by atoms with Gasteiger partial charge in [0.2, 0.25) is 0 Å². The van der Waals surface area contributed by atoms with E-state index in [0.29, 0.717) is 5.56 Å². The summed E-state index contributed by atoms with van der Waals surface area (Å²) in [5, 5.41) is 0.145. The molecule has 0 bridgehead atoms. The highest BCUT2D eigenvalue weighted by Gasteiger charge is 2.45. The van der Waals surface area contributed by atoms with E-state index in [4.69, 9.17) is 18.6 Å². The fourth-order valence-corrected chi connectivity index (χ4v) is 5.76. The SMILES string of the molecule is C[C@H](/C=C\C(OC(=O)c1ccccc1)C1OC(C)(C)O[C@H]1CCI)[C@H](C)O[Si](C)(C)C(C)(C)C. The van der Waals surface area contributed by atoms with Gasteiger partial charge < -0.3 is 18.6 Å². The molecule has 1 heterocycles. The van der Waals surface area contributed by atoms with Crippen molar-refractivity contribution in [2.24, 2.45) is 5.92 Å². The molecule has 0 radical (unpaired) electrons. The molecular formula is C27H43IO5Si. The Labute approximate surface area is 221 Å². The molecule has 0 aliphatic carbocycles. The first kappa shape index (κ1) is 29.5. The Morgan fingerprint density at radius 1 is 1.15 bits per heavy atom. The van der Waals surface area contributed by atoms with E-state index in [0.717, 1.165) is 10.8 Å². The molecular weight excluding hydrogens is 559 g/mol. The summed E-state index contributed by atoms with van der Waals surface area (Å²) >= 11 is 2.34. The normalized spacial score (nSPS) is 23.6. The summed E-state index contributed by atoms with van der Waals surface area (Å²) in [6.45, 7) is 19.4. The molecule has 0 saturated carbocycles. The number of carbonyl (C=O) groups is 1. The summed E-state index contributed by atoms with van der Waals surface area (Å²) in [4.78, 5) is 12.9. The molecule has 7 heteroatoms. The van der Waals surface area contributed by atoms with Gasteiger partial charge in [0.25, 0.3) is 0 Å². The lowest BCUT2D eigenvalue weighted by Crippen LogP contribution is -2.44. The third kappa shape index (κ3) is 8.15. The molecule has 2 rings (SSSR count). The highest BCUT2D eigenvalue weighted by molar-refractivity contribution is 14.1. The second-order valence-corrected chi connectivity index (χ2v) is 17.0. The number of carbonyl (C=O) groups excluding carboxylic acids is 1. The van der Waals surface area contributed by atoms with Crippen LogP contribution in [-0.4, -0.2) is 48.9 Å². The van der Waals surface area contributed by atoms with E-state index < -0.39 is 20.2 Å². The van der Waals surface area contributed by atoms with Gasteiger partial charge in [0.05, 0.1) is 11.7 Å². The summed E-state index contributed by atoms with van der Waals surface area (Å²) in [5.41, 5.74) is 0.521. The molecule has 1 aliphatic rings. The van der Waals surface area contributed by atoms with Gasteiger partial charge in [-0.05, 0) is 69.5 Å². The number of hydrogen-bond donors (Lipinski definition) is 0. The summed E-state index contributed by atoms with van der Waals surface area (Å²) < 4.78 is 25.9. The monoisotopic (exact) mass is 602 g/mol. The minimum absolute atomic E-state index is 0.0462. The largest absolute Gasteiger partial charge is 0.452 e. The Bertz CT molecular complexity index is 818. The number of halogens is 1. The van der Waals surface area contributed by atoms with Crippen LogP contribution in [0, 0.1) is 5.92 Å². The van der Waals surface area contributed by atoms with Crippen LogP contribution < -0.4 is 0 Å². The highest BCUT2D eigenvalue weighted by atomic mass is 127. The molecule has 192 valence electrons. The summed E-state index contributed by atoms with van der Waals surface area (Å²) in [6, 6.07) is 9.08. The van der Waals surface area contributed by atoms with Gasteiger partial charge in [-0.2, -0.15) is 0 Å². The van der Waals surface area contributed by atoms with Crippen LogP contribution in [0.4, 0.5) is 0 Å². The number of esters is 1. The first-order chi connectivity index (χ1) is 15.7. The molecule has 1 aliphatic heterocycles. The Balaban J connectivity index is 2.24. The minimum Gasteiger partial charge on any atom is -0.452 e. The van der Waals surface area contributed by atoms with Crippen LogP contribution in [0.5, 0.6) is 0 Å². The van der Waals surface area contributed by atoms with Gasteiger partial charge in [-0.3, -0.25) is 0 Å². The van der Waals surface area contributed by atoms with E-state index in [-0.39, 0.29) is 35.2 Å². The van der Waals surface area contributed by atoms with Crippen molar-refractivity contribution in [3.05, 3.63) is 48.0 Å². The Kier molecular flexibility index (Phi) is 10.4. The molecule has 0 spiro atoms. The van der Waals surface area contributed by atoms with Gasteiger partial charge in [-0.1, -0.05) is 74.6 Å². The molecule has 1 saturated heterocycles. The number of hydrogen-bond acceptors (Lipinski definition) is 5. The molecule has 0 amide bonds. The van der Waals surface area contributed by atoms with Gasteiger partial charge in [0, 0.05) is 10.5 Å². The Morgan fingerprint density at radius 2 is 1.76 bits per heavy atom. The maximum absolute atomic E-state index is 12.9. The number of rotatable bonds is 10. The molecule has 5 atom stereocenters. The molecule has 0 N–H and O–H groups in total. The lowest BCUT2D eigenvalue weighted by molar-refractivity contribution is -0.153. The maximum atomic E-state index is 12.9. The molecule has 1 fully saturated rings. The van der Waals surface area contributed by atoms with E-state index in [1.807, 2.05) is 38.1 Å². The Morgan fingerprint density at radius 3 is 2.32 bits per heavy atom. The second-order valence-electron chi connectivity index (χ2n) is 11.2. The van der Waals surface area contributed by atoms with Crippen molar-refractivity contribution in [3.8, 4) is 0 Å². The lowest BCUT2D eigenvalue weighted by atomic mass is 10.0. The van der Waals surface area contributed by atoms with Crippen molar-refractivity contribution < 1.29 is 23.4 Å². The van der Waals surface area contributed by atoms with Crippen molar-refractivity contribution in [3.63, 3.8) is 0 Å². The van der Waals surface area contributed by atoms with E-state index in [1.54, 1.807) is 12.1 Å². The van der Waals surface area contributed by atoms with Crippen LogP contribution in [0.15, 0.2) is 42.5 Å². The zero-order valence-electron chi connectivity index (χ0n) is 22.3. The van der Waals surface area contributed by atoms with Crippen LogP contribution in [0.3, 0.4) is 0 Å². The minimum atomic E-state index is -1.89. The van der Waals surface area contributed by atoms with Crippen molar-refractivity contribution in [2.75, 3.05) is 4.43 Å². The van der Waals surface area contributed by atoms with Crippen molar-refractivity contribution in [1.82, 2.24) is 0 Å².